The molecule has 0 radical (unpaired) electrons. The van der Waals surface area contributed by atoms with E-state index in [1.807, 2.05) is 84.9 Å². The molecule has 1 aliphatic rings. The first-order chi connectivity index (χ1) is 14.3. The molecule has 0 aliphatic heterocycles. The van der Waals surface area contributed by atoms with Crippen molar-refractivity contribution in [3.8, 4) is 11.1 Å². The third-order valence-electron chi connectivity index (χ3n) is 5.50. The molecule has 4 aromatic carbocycles. The zero-order valence-corrected chi connectivity index (χ0v) is 15.9. The molecule has 0 heterocycles. The molecule has 0 unspecified atom stereocenters. The van der Waals surface area contributed by atoms with Crippen molar-refractivity contribution in [1.82, 2.24) is 0 Å². The lowest BCUT2D eigenvalue weighted by atomic mass is 10.00. The summed E-state index contributed by atoms with van der Waals surface area (Å²) >= 11 is 0. The molecule has 0 saturated heterocycles. The third kappa shape index (κ3) is 3.23. The third-order valence-corrected chi connectivity index (χ3v) is 5.50. The molecule has 5 rings (SSSR count). The zero-order chi connectivity index (χ0) is 19.6. The van der Waals surface area contributed by atoms with E-state index >= 15 is 0 Å². The number of rotatable bonds is 4. The van der Waals surface area contributed by atoms with Crippen LogP contribution in [-0.2, 0) is 11.2 Å². The summed E-state index contributed by atoms with van der Waals surface area (Å²) in [6.45, 7) is 0. The highest BCUT2D eigenvalue weighted by atomic mass is 16.5. The van der Waals surface area contributed by atoms with Gasteiger partial charge in [-0.3, -0.25) is 0 Å². The molecular formula is C27H20O2. The first-order valence-electron chi connectivity index (χ1n) is 9.82. The maximum atomic E-state index is 13.3. The van der Waals surface area contributed by atoms with Gasteiger partial charge in [0.1, 0.15) is 0 Å². The molecule has 0 spiro atoms. The van der Waals surface area contributed by atoms with E-state index in [4.69, 9.17) is 4.74 Å². The topological polar surface area (TPSA) is 26.3 Å². The van der Waals surface area contributed by atoms with Gasteiger partial charge in [-0.05, 0) is 45.9 Å². The molecular weight excluding hydrogens is 356 g/mol. The van der Waals surface area contributed by atoms with Crippen LogP contribution in [0.3, 0.4) is 0 Å². The largest absolute Gasteiger partial charge is 0.449 e. The van der Waals surface area contributed by atoms with Crippen LogP contribution in [0.1, 0.15) is 38.7 Å². The molecule has 0 amide bonds. The number of carbonyl (C=O) groups excluding carboxylic acids is 1. The highest BCUT2D eigenvalue weighted by Crippen LogP contribution is 2.39. The average Bonchev–Trinajstić information content (AvgIpc) is 3.17. The van der Waals surface area contributed by atoms with Crippen molar-refractivity contribution in [2.24, 2.45) is 0 Å². The Hall–Kier alpha value is -3.65. The Morgan fingerprint density at radius 2 is 1.24 bits per heavy atom. The predicted molar refractivity (Wildman–Crippen MR) is 115 cm³/mol. The highest BCUT2D eigenvalue weighted by Gasteiger charge is 2.26. The SMILES string of the molecule is O=C(OC(c1ccccc1)c1ccccc1)c1cccc2c1Cc1ccccc1-2. The van der Waals surface area contributed by atoms with Crippen molar-refractivity contribution >= 4 is 5.97 Å². The average molecular weight is 376 g/mol. The molecule has 29 heavy (non-hydrogen) atoms. The van der Waals surface area contributed by atoms with E-state index in [2.05, 4.69) is 18.2 Å². The predicted octanol–water partition coefficient (Wildman–Crippen LogP) is 6.20. The fraction of sp³-hybridized carbons (Fsp3) is 0.0741. The fourth-order valence-electron chi connectivity index (χ4n) is 4.10. The molecule has 0 fully saturated rings. The van der Waals surface area contributed by atoms with E-state index in [1.165, 1.54) is 11.1 Å². The lowest BCUT2D eigenvalue weighted by Crippen LogP contribution is -2.14. The van der Waals surface area contributed by atoms with E-state index < -0.39 is 6.10 Å². The van der Waals surface area contributed by atoms with E-state index in [0.717, 1.165) is 28.7 Å². The number of hydrogen-bond donors (Lipinski definition) is 0. The molecule has 2 heteroatoms. The number of carbonyl (C=O) groups is 1. The first-order valence-corrected chi connectivity index (χ1v) is 9.82. The van der Waals surface area contributed by atoms with Crippen molar-refractivity contribution in [1.29, 1.82) is 0 Å². The van der Waals surface area contributed by atoms with Crippen molar-refractivity contribution in [2.75, 3.05) is 0 Å². The Kier molecular flexibility index (Phi) is 4.45. The number of hydrogen-bond acceptors (Lipinski definition) is 2. The van der Waals surface area contributed by atoms with Gasteiger partial charge in [-0.1, -0.05) is 97.1 Å². The maximum absolute atomic E-state index is 13.3. The van der Waals surface area contributed by atoms with E-state index in [0.29, 0.717) is 5.56 Å². The van der Waals surface area contributed by atoms with Gasteiger partial charge in [0.05, 0.1) is 5.56 Å². The van der Waals surface area contributed by atoms with Crippen LogP contribution in [0, 0.1) is 0 Å². The van der Waals surface area contributed by atoms with Crippen LogP contribution in [0.5, 0.6) is 0 Å². The minimum Gasteiger partial charge on any atom is -0.449 e. The summed E-state index contributed by atoms with van der Waals surface area (Å²) in [6, 6.07) is 34.0. The fourth-order valence-corrected chi connectivity index (χ4v) is 4.10. The van der Waals surface area contributed by atoms with Crippen LogP contribution < -0.4 is 0 Å². The molecule has 4 aromatic rings. The monoisotopic (exact) mass is 376 g/mol. The number of fused-ring (bicyclic) bond motifs is 3. The van der Waals surface area contributed by atoms with E-state index in [1.54, 1.807) is 0 Å². The highest BCUT2D eigenvalue weighted by molar-refractivity contribution is 5.95. The minimum atomic E-state index is -0.440. The van der Waals surface area contributed by atoms with Crippen molar-refractivity contribution < 1.29 is 9.53 Å². The molecule has 0 N–H and O–H groups in total. The summed E-state index contributed by atoms with van der Waals surface area (Å²) in [5.74, 6) is -0.285. The molecule has 0 atom stereocenters. The van der Waals surface area contributed by atoms with Gasteiger partial charge in [0.15, 0.2) is 6.10 Å². The number of esters is 1. The maximum Gasteiger partial charge on any atom is 0.339 e. The zero-order valence-electron chi connectivity index (χ0n) is 15.9. The van der Waals surface area contributed by atoms with Crippen LogP contribution in [0.15, 0.2) is 103 Å². The van der Waals surface area contributed by atoms with Gasteiger partial charge in [0.25, 0.3) is 0 Å². The van der Waals surface area contributed by atoms with Gasteiger partial charge in [0, 0.05) is 0 Å². The molecule has 1 aliphatic carbocycles. The number of benzene rings is 4. The van der Waals surface area contributed by atoms with Crippen LogP contribution in [-0.4, -0.2) is 5.97 Å². The Bertz CT molecular complexity index is 1120. The summed E-state index contributed by atoms with van der Waals surface area (Å²) in [6.07, 6.45) is 0.322. The summed E-state index contributed by atoms with van der Waals surface area (Å²) < 4.78 is 6.09. The van der Waals surface area contributed by atoms with Gasteiger partial charge in [-0.15, -0.1) is 0 Å². The van der Waals surface area contributed by atoms with Crippen LogP contribution in [0.25, 0.3) is 11.1 Å². The first kappa shape index (κ1) is 17.4. The van der Waals surface area contributed by atoms with Gasteiger partial charge >= 0.3 is 5.97 Å². The van der Waals surface area contributed by atoms with Crippen molar-refractivity contribution in [3.63, 3.8) is 0 Å². The van der Waals surface area contributed by atoms with E-state index in [9.17, 15) is 4.79 Å². The standard InChI is InChI=1S/C27H20O2/c28-27(24-17-9-16-23-22-15-8-7-14-21(22)18-25(23)24)29-26(19-10-3-1-4-11-19)20-12-5-2-6-13-20/h1-17,26H,18H2. The summed E-state index contributed by atoms with van der Waals surface area (Å²) in [4.78, 5) is 13.3. The van der Waals surface area contributed by atoms with Crippen LogP contribution in [0.4, 0.5) is 0 Å². The van der Waals surface area contributed by atoms with Gasteiger partial charge in [0.2, 0.25) is 0 Å². The molecule has 0 bridgehead atoms. The second kappa shape index (κ2) is 7.40. The van der Waals surface area contributed by atoms with Crippen LogP contribution in [0.2, 0.25) is 0 Å². The van der Waals surface area contributed by atoms with Crippen LogP contribution >= 0.6 is 0 Å². The molecule has 2 nitrogen and oxygen atoms in total. The smallest absolute Gasteiger partial charge is 0.339 e. The summed E-state index contributed by atoms with van der Waals surface area (Å²) in [5, 5.41) is 0. The van der Waals surface area contributed by atoms with Gasteiger partial charge < -0.3 is 4.74 Å². The molecule has 0 saturated carbocycles. The molecule has 140 valence electrons. The Morgan fingerprint density at radius 3 is 1.93 bits per heavy atom. The Labute approximate surface area is 170 Å². The Balaban J connectivity index is 1.51. The summed E-state index contributed by atoms with van der Waals surface area (Å²) in [5.41, 5.74) is 7.22. The number of ether oxygens (including phenoxy) is 1. The van der Waals surface area contributed by atoms with E-state index in [-0.39, 0.29) is 5.97 Å². The van der Waals surface area contributed by atoms with Gasteiger partial charge in [-0.25, -0.2) is 4.79 Å². The lowest BCUT2D eigenvalue weighted by Gasteiger charge is -2.20. The lowest BCUT2D eigenvalue weighted by molar-refractivity contribution is 0.0377. The minimum absolute atomic E-state index is 0.285. The molecule has 0 aromatic heterocycles. The van der Waals surface area contributed by atoms with Crippen molar-refractivity contribution in [2.45, 2.75) is 12.5 Å². The van der Waals surface area contributed by atoms with Crippen molar-refractivity contribution in [3.05, 3.63) is 131 Å². The summed E-state index contributed by atoms with van der Waals surface area (Å²) in [7, 11) is 0. The second-order valence-corrected chi connectivity index (χ2v) is 7.27. The second-order valence-electron chi connectivity index (χ2n) is 7.27. The van der Waals surface area contributed by atoms with Gasteiger partial charge in [-0.2, -0.15) is 0 Å². The Morgan fingerprint density at radius 1 is 0.655 bits per heavy atom. The quantitative estimate of drug-likeness (QED) is 0.349. The normalized spacial score (nSPS) is 11.8.